The van der Waals surface area contributed by atoms with Gasteiger partial charge in [0.2, 0.25) is 0 Å². The van der Waals surface area contributed by atoms with Gasteiger partial charge < -0.3 is 4.90 Å². The summed E-state index contributed by atoms with van der Waals surface area (Å²) in [6.07, 6.45) is 2.60. The number of hydrogen-bond acceptors (Lipinski definition) is 3. The van der Waals surface area contributed by atoms with Crippen molar-refractivity contribution in [3.63, 3.8) is 0 Å². The molecule has 2 rings (SSSR count). The van der Waals surface area contributed by atoms with Gasteiger partial charge in [-0.15, -0.1) is 0 Å². The standard InChI is InChI=1S/C18H21N3O/c1-4-14-5-9-16(10-6-14)18(22)20-19-13-15-7-11-17(12-8-15)21(2)3/h5-13H,4H2,1-3H3,(H,20,22)/b19-13-. The molecule has 0 unspecified atom stereocenters. The van der Waals surface area contributed by atoms with Gasteiger partial charge in [-0.2, -0.15) is 5.10 Å². The maximum atomic E-state index is 11.9. The average Bonchev–Trinajstić information content (AvgIpc) is 2.55. The SMILES string of the molecule is CCc1ccc(C(=O)N/N=C\c2ccc(N(C)C)cc2)cc1. The third-order valence-electron chi connectivity index (χ3n) is 3.41. The molecule has 0 radical (unpaired) electrons. The van der Waals surface area contributed by atoms with Gasteiger partial charge in [-0.05, 0) is 41.8 Å². The number of nitrogens with zero attached hydrogens (tertiary/aromatic N) is 2. The van der Waals surface area contributed by atoms with E-state index < -0.39 is 0 Å². The van der Waals surface area contributed by atoms with Gasteiger partial charge in [0.15, 0.2) is 0 Å². The van der Waals surface area contributed by atoms with Gasteiger partial charge in [0, 0.05) is 25.3 Å². The largest absolute Gasteiger partial charge is 0.378 e. The van der Waals surface area contributed by atoms with Crippen LogP contribution in [0.4, 0.5) is 5.69 Å². The minimum absolute atomic E-state index is 0.205. The van der Waals surface area contributed by atoms with Crippen LogP contribution in [0, 0.1) is 0 Å². The summed E-state index contributed by atoms with van der Waals surface area (Å²) in [5, 5.41) is 4.00. The van der Waals surface area contributed by atoms with Crippen LogP contribution in [0.2, 0.25) is 0 Å². The molecule has 1 N–H and O–H groups in total. The van der Waals surface area contributed by atoms with E-state index >= 15 is 0 Å². The molecule has 0 atom stereocenters. The van der Waals surface area contributed by atoms with Crippen LogP contribution >= 0.6 is 0 Å². The summed E-state index contributed by atoms with van der Waals surface area (Å²) in [5.41, 5.74) is 6.42. The Labute approximate surface area is 131 Å². The topological polar surface area (TPSA) is 44.7 Å². The first kappa shape index (κ1) is 15.8. The highest BCUT2D eigenvalue weighted by atomic mass is 16.2. The van der Waals surface area contributed by atoms with Crippen molar-refractivity contribution < 1.29 is 4.79 Å². The number of hydrazone groups is 1. The van der Waals surface area contributed by atoms with Gasteiger partial charge in [0.05, 0.1) is 6.21 Å². The number of hydrogen-bond donors (Lipinski definition) is 1. The number of carbonyl (C=O) groups is 1. The number of aryl methyl sites for hydroxylation is 1. The molecule has 0 heterocycles. The molecule has 0 spiro atoms. The van der Waals surface area contributed by atoms with E-state index in [1.54, 1.807) is 6.21 Å². The highest BCUT2D eigenvalue weighted by Gasteiger charge is 2.03. The van der Waals surface area contributed by atoms with E-state index in [9.17, 15) is 4.79 Å². The van der Waals surface area contributed by atoms with Crippen molar-refractivity contribution >= 4 is 17.8 Å². The minimum Gasteiger partial charge on any atom is -0.378 e. The molecule has 22 heavy (non-hydrogen) atoms. The van der Waals surface area contributed by atoms with Crippen molar-refractivity contribution in [1.82, 2.24) is 5.43 Å². The Hall–Kier alpha value is -2.62. The number of rotatable bonds is 5. The molecule has 4 nitrogen and oxygen atoms in total. The molecule has 0 saturated carbocycles. The zero-order valence-electron chi connectivity index (χ0n) is 13.2. The van der Waals surface area contributed by atoms with Gasteiger partial charge in [0.25, 0.3) is 5.91 Å². The molecular formula is C18H21N3O. The van der Waals surface area contributed by atoms with E-state index in [4.69, 9.17) is 0 Å². The molecule has 0 aromatic heterocycles. The van der Waals surface area contributed by atoms with E-state index in [0.717, 1.165) is 17.7 Å². The number of anilines is 1. The first-order valence-corrected chi connectivity index (χ1v) is 7.30. The Kier molecular flexibility index (Phi) is 5.31. The van der Waals surface area contributed by atoms with E-state index in [-0.39, 0.29) is 5.91 Å². The van der Waals surface area contributed by atoms with Crippen molar-refractivity contribution in [2.24, 2.45) is 5.10 Å². The summed E-state index contributed by atoms with van der Waals surface area (Å²) in [7, 11) is 3.99. The summed E-state index contributed by atoms with van der Waals surface area (Å²) in [5.74, 6) is -0.205. The van der Waals surface area contributed by atoms with Crippen molar-refractivity contribution in [1.29, 1.82) is 0 Å². The molecule has 0 bridgehead atoms. The van der Waals surface area contributed by atoms with Crippen LogP contribution in [0.1, 0.15) is 28.4 Å². The summed E-state index contributed by atoms with van der Waals surface area (Å²) in [6.45, 7) is 2.08. The second-order valence-electron chi connectivity index (χ2n) is 5.24. The zero-order valence-corrected chi connectivity index (χ0v) is 13.2. The Morgan fingerprint density at radius 3 is 2.27 bits per heavy atom. The van der Waals surface area contributed by atoms with Gasteiger partial charge in [0.1, 0.15) is 0 Å². The smallest absolute Gasteiger partial charge is 0.271 e. The molecule has 0 saturated heterocycles. The normalized spacial score (nSPS) is 10.7. The van der Waals surface area contributed by atoms with Crippen LogP contribution in [0.15, 0.2) is 53.6 Å². The van der Waals surface area contributed by atoms with E-state index in [1.807, 2.05) is 67.5 Å². The molecule has 2 aromatic rings. The Balaban J connectivity index is 1.94. The Bertz CT molecular complexity index is 643. The van der Waals surface area contributed by atoms with Crippen LogP contribution in [-0.2, 0) is 6.42 Å². The van der Waals surface area contributed by atoms with E-state index in [0.29, 0.717) is 5.56 Å². The fourth-order valence-corrected chi connectivity index (χ4v) is 1.98. The molecule has 0 aliphatic carbocycles. The second-order valence-corrected chi connectivity index (χ2v) is 5.24. The fraction of sp³-hybridized carbons (Fsp3) is 0.222. The predicted octanol–water partition coefficient (Wildman–Crippen LogP) is 3.08. The molecule has 0 fully saturated rings. The highest BCUT2D eigenvalue weighted by molar-refractivity contribution is 5.94. The lowest BCUT2D eigenvalue weighted by atomic mass is 10.1. The number of amides is 1. The Morgan fingerprint density at radius 1 is 1.09 bits per heavy atom. The summed E-state index contributed by atoms with van der Waals surface area (Å²) in [4.78, 5) is 14.0. The minimum atomic E-state index is -0.205. The summed E-state index contributed by atoms with van der Waals surface area (Å²) < 4.78 is 0. The lowest BCUT2D eigenvalue weighted by Crippen LogP contribution is -2.17. The lowest BCUT2D eigenvalue weighted by molar-refractivity contribution is 0.0955. The highest BCUT2D eigenvalue weighted by Crippen LogP contribution is 2.11. The maximum Gasteiger partial charge on any atom is 0.271 e. The zero-order chi connectivity index (χ0) is 15.9. The first-order chi connectivity index (χ1) is 10.6. The molecular weight excluding hydrogens is 274 g/mol. The first-order valence-electron chi connectivity index (χ1n) is 7.30. The Morgan fingerprint density at radius 2 is 1.73 bits per heavy atom. The van der Waals surface area contributed by atoms with Crippen molar-refractivity contribution in [3.05, 3.63) is 65.2 Å². The van der Waals surface area contributed by atoms with E-state index in [2.05, 4.69) is 17.5 Å². The van der Waals surface area contributed by atoms with Crippen molar-refractivity contribution in [3.8, 4) is 0 Å². The van der Waals surface area contributed by atoms with Gasteiger partial charge >= 0.3 is 0 Å². The second kappa shape index (κ2) is 7.41. The van der Waals surface area contributed by atoms with Crippen LogP contribution in [0.3, 0.4) is 0 Å². The average molecular weight is 295 g/mol. The number of benzene rings is 2. The van der Waals surface area contributed by atoms with Crippen LogP contribution in [-0.4, -0.2) is 26.2 Å². The van der Waals surface area contributed by atoms with Gasteiger partial charge in [-0.25, -0.2) is 5.43 Å². The predicted molar refractivity (Wildman–Crippen MR) is 91.6 cm³/mol. The number of carbonyl (C=O) groups excluding carboxylic acids is 1. The molecule has 1 amide bonds. The number of nitrogens with one attached hydrogen (secondary N) is 1. The van der Waals surface area contributed by atoms with Crippen LogP contribution in [0.25, 0.3) is 0 Å². The van der Waals surface area contributed by atoms with Crippen LogP contribution in [0.5, 0.6) is 0 Å². The van der Waals surface area contributed by atoms with Gasteiger partial charge in [-0.3, -0.25) is 4.79 Å². The summed E-state index contributed by atoms with van der Waals surface area (Å²) >= 11 is 0. The van der Waals surface area contributed by atoms with Crippen molar-refractivity contribution in [2.75, 3.05) is 19.0 Å². The molecule has 2 aromatic carbocycles. The third kappa shape index (κ3) is 4.19. The lowest BCUT2D eigenvalue weighted by Gasteiger charge is -2.11. The fourth-order valence-electron chi connectivity index (χ4n) is 1.98. The third-order valence-corrected chi connectivity index (χ3v) is 3.41. The maximum absolute atomic E-state index is 11.9. The van der Waals surface area contributed by atoms with Crippen LogP contribution < -0.4 is 10.3 Å². The summed E-state index contributed by atoms with van der Waals surface area (Å²) in [6, 6.07) is 15.5. The molecule has 4 heteroatoms. The van der Waals surface area contributed by atoms with E-state index in [1.165, 1.54) is 5.56 Å². The molecule has 114 valence electrons. The van der Waals surface area contributed by atoms with Crippen molar-refractivity contribution in [2.45, 2.75) is 13.3 Å². The molecule has 0 aliphatic rings. The quantitative estimate of drug-likeness (QED) is 0.680. The monoisotopic (exact) mass is 295 g/mol. The van der Waals surface area contributed by atoms with Gasteiger partial charge in [-0.1, -0.05) is 31.2 Å². The molecule has 0 aliphatic heterocycles.